The number of anilines is 1. The molecule has 0 saturated carbocycles. The van der Waals surface area contributed by atoms with Crippen molar-refractivity contribution in [1.29, 1.82) is 0 Å². The Bertz CT molecular complexity index is 463. The minimum Gasteiger partial charge on any atom is -0.370 e. The summed E-state index contributed by atoms with van der Waals surface area (Å²) < 4.78 is 11.1. The predicted molar refractivity (Wildman–Crippen MR) is 73.4 cm³/mol. The van der Waals surface area contributed by atoms with Gasteiger partial charge in [0.05, 0.1) is 25.1 Å². The van der Waals surface area contributed by atoms with Crippen LogP contribution in [0.5, 0.6) is 0 Å². The third-order valence-corrected chi connectivity index (χ3v) is 3.94. The fourth-order valence-electron chi connectivity index (χ4n) is 2.80. The maximum Gasteiger partial charge on any atom is 0.267 e. The van der Waals surface area contributed by atoms with Crippen molar-refractivity contribution in [3.05, 3.63) is 24.0 Å². The number of amides is 1. The fourth-order valence-corrected chi connectivity index (χ4v) is 2.80. The van der Waals surface area contributed by atoms with Crippen molar-refractivity contribution in [2.75, 3.05) is 31.2 Å². The van der Waals surface area contributed by atoms with E-state index in [0.717, 1.165) is 31.6 Å². The molecule has 2 fully saturated rings. The first-order valence-electron chi connectivity index (χ1n) is 6.98. The summed E-state index contributed by atoms with van der Waals surface area (Å²) in [5.74, 6) is -0.0163. The molecule has 6 heteroatoms. The Hall–Kier alpha value is -1.66. The lowest BCUT2D eigenvalue weighted by Gasteiger charge is -2.35. The molecular formula is C14H19N3O3. The van der Waals surface area contributed by atoms with Gasteiger partial charge in [-0.05, 0) is 25.0 Å². The molecule has 0 spiro atoms. The van der Waals surface area contributed by atoms with Gasteiger partial charge in [-0.2, -0.15) is 0 Å². The van der Waals surface area contributed by atoms with Crippen LogP contribution in [-0.4, -0.2) is 43.5 Å². The van der Waals surface area contributed by atoms with E-state index < -0.39 is 5.91 Å². The molecule has 1 aromatic heterocycles. The maximum atomic E-state index is 11.0. The van der Waals surface area contributed by atoms with E-state index >= 15 is 0 Å². The zero-order valence-electron chi connectivity index (χ0n) is 11.3. The standard InChI is InChI=1S/C14H19N3O3/c15-13(18)12-2-1-11(9-16-12)17-5-3-10(4-6-17)14-19-7-8-20-14/h1-2,9-10,14H,3-8H2,(H2,15,18). The SMILES string of the molecule is NC(=O)c1ccc(N2CCC(C3OCCO3)CC2)cn1. The molecule has 1 amide bonds. The van der Waals surface area contributed by atoms with Gasteiger partial charge in [-0.25, -0.2) is 4.98 Å². The summed E-state index contributed by atoms with van der Waals surface area (Å²) in [4.78, 5) is 17.3. The summed E-state index contributed by atoms with van der Waals surface area (Å²) in [6.07, 6.45) is 3.78. The van der Waals surface area contributed by atoms with E-state index in [-0.39, 0.29) is 6.29 Å². The van der Waals surface area contributed by atoms with Gasteiger partial charge in [0.25, 0.3) is 5.91 Å². The van der Waals surface area contributed by atoms with Crippen molar-refractivity contribution < 1.29 is 14.3 Å². The number of piperidine rings is 1. The summed E-state index contributed by atoms with van der Waals surface area (Å²) in [7, 11) is 0. The summed E-state index contributed by atoms with van der Waals surface area (Å²) in [5, 5.41) is 0. The van der Waals surface area contributed by atoms with E-state index in [1.165, 1.54) is 0 Å². The van der Waals surface area contributed by atoms with Crippen LogP contribution in [0.4, 0.5) is 5.69 Å². The van der Waals surface area contributed by atoms with Crippen LogP contribution in [0.15, 0.2) is 18.3 Å². The van der Waals surface area contributed by atoms with Crippen LogP contribution in [-0.2, 0) is 9.47 Å². The van der Waals surface area contributed by atoms with Gasteiger partial charge in [-0.3, -0.25) is 4.79 Å². The second-order valence-corrected chi connectivity index (χ2v) is 5.20. The lowest BCUT2D eigenvalue weighted by molar-refractivity contribution is -0.0889. The minimum absolute atomic E-state index is 0.0208. The number of aromatic nitrogens is 1. The number of nitrogens with two attached hydrogens (primary N) is 1. The number of rotatable bonds is 3. The summed E-state index contributed by atoms with van der Waals surface area (Å²) in [5.41, 5.74) is 6.52. The number of primary amides is 1. The monoisotopic (exact) mass is 277 g/mol. The molecule has 2 aliphatic heterocycles. The molecule has 3 heterocycles. The van der Waals surface area contributed by atoms with Crippen LogP contribution in [0.3, 0.4) is 0 Å². The molecule has 2 N–H and O–H groups in total. The Labute approximate surface area is 117 Å². The molecule has 0 aliphatic carbocycles. The number of ether oxygens (including phenoxy) is 2. The number of carbonyl (C=O) groups is 1. The molecule has 1 aromatic rings. The molecule has 20 heavy (non-hydrogen) atoms. The number of pyridine rings is 1. The van der Waals surface area contributed by atoms with E-state index in [9.17, 15) is 4.79 Å². The zero-order valence-corrected chi connectivity index (χ0v) is 11.3. The van der Waals surface area contributed by atoms with Crippen molar-refractivity contribution in [3.8, 4) is 0 Å². The van der Waals surface area contributed by atoms with Gasteiger partial charge in [0.2, 0.25) is 0 Å². The van der Waals surface area contributed by atoms with Crippen LogP contribution < -0.4 is 10.6 Å². The molecule has 0 aromatic carbocycles. The van der Waals surface area contributed by atoms with E-state index in [2.05, 4.69) is 9.88 Å². The van der Waals surface area contributed by atoms with Gasteiger partial charge in [0.1, 0.15) is 5.69 Å². The number of hydrogen-bond donors (Lipinski definition) is 1. The Morgan fingerprint density at radius 1 is 1.25 bits per heavy atom. The molecule has 108 valence electrons. The van der Waals surface area contributed by atoms with Gasteiger partial charge in [0.15, 0.2) is 6.29 Å². The average molecular weight is 277 g/mol. The van der Waals surface area contributed by atoms with E-state index in [1.54, 1.807) is 12.3 Å². The van der Waals surface area contributed by atoms with E-state index in [4.69, 9.17) is 15.2 Å². The molecular weight excluding hydrogens is 258 g/mol. The zero-order chi connectivity index (χ0) is 13.9. The molecule has 6 nitrogen and oxygen atoms in total. The number of hydrogen-bond acceptors (Lipinski definition) is 5. The van der Waals surface area contributed by atoms with Gasteiger partial charge in [-0.15, -0.1) is 0 Å². The molecule has 0 bridgehead atoms. The third-order valence-electron chi connectivity index (χ3n) is 3.94. The average Bonchev–Trinajstić information content (AvgIpc) is 3.02. The normalized spacial score (nSPS) is 21.3. The van der Waals surface area contributed by atoms with Gasteiger partial charge >= 0.3 is 0 Å². The second kappa shape index (κ2) is 5.76. The summed E-state index contributed by atoms with van der Waals surface area (Å²) >= 11 is 0. The molecule has 2 saturated heterocycles. The Balaban J connectivity index is 1.58. The summed E-state index contributed by atoms with van der Waals surface area (Å²) in [6, 6.07) is 3.57. The predicted octanol–water partition coefficient (Wildman–Crippen LogP) is 0.770. The van der Waals surface area contributed by atoms with Crippen molar-refractivity contribution in [2.45, 2.75) is 19.1 Å². The van der Waals surface area contributed by atoms with Crippen LogP contribution in [0.25, 0.3) is 0 Å². The highest BCUT2D eigenvalue weighted by molar-refractivity contribution is 5.90. The Morgan fingerprint density at radius 3 is 2.50 bits per heavy atom. The van der Waals surface area contributed by atoms with E-state index in [0.29, 0.717) is 24.8 Å². The van der Waals surface area contributed by atoms with Crippen LogP contribution >= 0.6 is 0 Å². The Morgan fingerprint density at radius 2 is 1.95 bits per heavy atom. The van der Waals surface area contributed by atoms with Gasteiger partial charge < -0.3 is 20.1 Å². The summed E-state index contributed by atoms with van der Waals surface area (Å²) in [6.45, 7) is 3.32. The lowest BCUT2D eigenvalue weighted by Crippen LogP contribution is -2.38. The molecule has 2 aliphatic rings. The van der Waals surface area contributed by atoms with Crippen molar-refractivity contribution in [2.24, 2.45) is 11.7 Å². The van der Waals surface area contributed by atoms with Gasteiger partial charge in [0, 0.05) is 19.0 Å². The lowest BCUT2D eigenvalue weighted by atomic mass is 9.96. The van der Waals surface area contributed by atoms with E-state index in [1.807, 2.05) is 6.07 Å². The van der Waals surface area contributed by atoms with Gasteiger partial charge in [-0.1, -0.05) is 0 Å². The second-order valence-electron chi connectivity index (χ2n) is 5.20. The minimum atomic E-state index is -0.495. The largest absolute Gasteiger partial charge is 0.370 e. The number of nitrogens with zero attached hydrogens (tertiary/aromatic N) is 2. The molecule has 3 rings (SSSR count). The highest BCUT2D eigenvalue weighted by Gasteiger charge is 2.30. The highest BCUT2D eigenvalue weighted by Crippen LogP contribution is 2.28. The first-order chi connectivity index (χ1) is 9.74. The topological polar surface area (TPSA) is 77.7 Å². The van der Waals surface area contributed by atoms with Crippen molar-refractivity contribution >= 4 is 11.6 Å². The smallest absolute Gasteiger partial charge is 0.267 e. The third kappa shape index (κ3) is 2.76. The molecule has 0 radical (unpaired) electrons. The molecule has 0 unspecified atom stereocenters. The number of carbonyl (C=O) groups excluding carboxylic acids is 1. The first-order valence-corrected chi connectivity index (χ1v) is 6.98. The van der Waals surface area contributed by atoms with Crippen LogP contribution in [0.1, 0.15) is 23.3 Å². The van der Waals surface area contributed by atoms with Crippen molar-refractivity contribution in [1.82, 2.24) is 4.98 Å². The first kappa shape index (κ1) is 13.3. The van der Waals surface area contributed by atoms with Crippen LogP contribution in [0, 0.1) is 5.92 Å². The van der Waals surface area contributed by atoms with Crippen molar-refractivity contribution in [3.63, 3.8) is 0 Å². The quantitative estimate of drug-likeness (QED) is 0.883. The fraction of sp³-hybridized carbons (Fsp3) is 0.571. The van der Waals surface area contributed by atoms with Crippen LogP contribution in [0.2, 0.25) is 0 Å². The highest BCUT2D eigenvalue weighted by atomic mass is 16.7. The Kier molecular flexibility index (Phi) is 3.84. The maximum absolute atomic E-state index is 11.0. The molecule has 0 atom stereocenters.